The quantitative estimate of drug-likeness (QED) is 0.815. The molecule has 2 atom stereocenters. The molecule has 90 valence electrons. The summed E-state index contributed by atoms with van der Waals surface area (Å²) in [7, 11) is 2.08. The number of piperazine rings is 1. The zero-order chi connectivity index (χ0) is 11.7. The van der Waals surface area contributed by atoms with Crippen molar-refractivity contribution in [2.75, 3.05) is 18.0 Å². The number of rotatable bonds is 2. The van der Waals surface area contributed by atoms with Crippen molar-refractivity contribution in [3.8, 4) is 0 Å². The highest BCUT2D eigenvalue weighted by Gasteiger charge is 2.23. The minimum Gasteiger partial charge on any atom is -0.339 e. The third-order valence-electron chi connectivity index (χ3n) is 3.10. The van der Waals surface area contributed by atoms with Crippen LogP contribution in [-0.4, -0.2) is 34.7 Å². The van der Waals surface area contributed by atoms with Crippen molar-refractivity contribution < 1.29 is 0 Å². The summed E-state index contributed by atoms with van der Waals surface area (Å²) in [6.07, 6.45) is 3.14. The normalized spacial score (nSPS) is 26.1. The van der Waals surface area contributed by atoms with Crippen LogP contribution in [0.1, 0.15) is 26.5 Å². The fourth-order valence-electron chi connectivity index (χ4n) is 2.47. The van der Waals surface area contributed by atoms with Crippen molar-refractivity contribution in [3.63, 3.8) is 0 Å². The van der Waals surface area contributed by atoms with Crippen LogP contribution in [0.3, 0.4) is 0 Å². The van der Waals surface area contributed by atoms with Crippen LogP contribution >= 0.6 is 0 Å². The first-order chi connectivity index (χ1) is 7.60. The van der Waals surface area contributed by atoms with E-state index >= 15 is 0 Å². The molecule has 2 rings (SSSR count). The molecule has 2 unspecified atom stereocenters. The topological polar surface area (TPSA) is 33.1 Å². The average Bonchev–Trinajstić information content (AvgIpc) is 2.58. The predicted molar refractivity (Wildman–Crippen MR) is 66.9 cm³/mol. The van der Waals surface area contributed by atoms with Gasteiger partial charge in [-0.05, 0) is 20.3 Å². The van der Waals surface area contributed by atoms with Crippen LogP contribution in [0, 0.1) is 0 Å². The van der Waals surface area contributed by atoms with Gasteiger partial charge in [-0.25, -0.2) is 4.98 Å². The molecule has 0 amide bonds. The summed E-state index contributed by atoms with van der Waals surface area (Å²) in [6.45, 7) is 8.69. The molecule has 0 aliphatic carbocycles. The smallest absolute Gasteiger partial charge is 0.205 e. The van der Waals surface area contributed by atoms with Crippen LogP contribution in [0.4, 0.5) is 5.95 Å². The molecule has 16 heavy (non-hydrogen) atoms. The van der Waals surface area contributed by atoms with Gasteiger partial charge in [0.05, 0.1) is 5.69 Å². The summed E-state index contributed by atoms with van der Waals surface area (Å²) in [5, 5.41) is 3.54. The van der Waals surface area contributed by atoms with Gasteiger partial charge in [0.1, 0.15) is 0 Å². The Bertz CT molecular complexity index is 348. The van der Waals surface area contributed by atoms with Gasteiger partial charge in [0, 0.05) is 38.4 Å². The van der Waals surface area contributed by atoms with Gasteiger partial charge in [-0.1, -0.05) is 6.92 Å². The van der Waals surface area contributed by atoms with Crippen molar-refractivity contribution in [2.45, 2.75) is 39.3 Å². The van der Waals surface area contributed by atoms with Gasteiger partial charge < -0.3 is 14.8 Å². The lowest BCUT2D eigenvalue weighted by Gasteiger charge is -2.36. The molecule has 0 aromatic carbocycles. The summed E-state index contributed by atoms with van der Waals surface area (Å²) < 4.78 is 2.14. The highest BCUT2D eigenvalue weighted by atomic mass is 15.3. The monoisotopic (exact) mass is 222 g/mol. The van der Waals surface area contributed by atoms with E-state index in [4.69, 9.17) is 0 Å². The first-order valence-corrected chi connectivity index (χ1v) is 6.13. The van der Waals surface area contributed by atoms with E-state index in [-0.39, 0.29) is 0 Å². The zero-order valence-corrected chi connectivity index (χ0v) is 10.7. The van der Waals surface area contributed by atoms with Gasteiger partial charge in [0.25, 0.3) is 0 Å². The number of anilines is 1. The summed E-state index contributed by atoms with van der Waals surface area (Å²) in [6, 6.07) is 1.07. The molecule has 1 saturated heterocycles. The van der Waals surface area contributed by atoms with Crippen LogP contribution in [0.2, 0.25) is 0 Å². The lowest BCUT2D eigenvalue weighted by Crippen LogP contribution is -2.54. The van der Waals surface area contributed by atoms with Crippen LogP contribution in [0.25, 0.3) is 0 Å². The van der Waals surface area contributed by atoms with Gasteiger partial charge in [-0.2, -0.15) is 0 Å². The number of aromatic nitrogens is 2. The Balaban J connectivity index is 2.19. The van der Waals surface area contributed by atoms with Gasteiger partial charge in [-0.15, -0.1) is 0 Å². The van der Waals surface area contributed by atoms with Crippen LogP contribution in [0.5, 0.6) is 0 Å². The third-order valence-corrected chi connectivity index (χ3v) is 3.10. The molecule has 1 N–H and O–H groups in total. The number of imidazole rings is 1. The maximum Gasteiger partial charge on any atom is 0.205 e. The molecule has 4 heteroatoms. The number of nitrogens with zero attached hydrogens (tertiary/aromatic N) is 3. The largest absolute Gasteiger partial charge is 0.339 e. The predicted octanol–water partition coefficient (Wildman–Crippen LogP) is 1.17. The molecule has 1 aromatic heterocycles. The van der Waals surface area contributed by atoms with E-state index in [1.165, 1.54) is 5.69 Å². The number of nitrogens with one attached hydrogen (secondary N) is 1. The van der Waals surface area contributed by atoms with E-state index in [0.29, 0.717) is 12.1 Å². The lowest BCUT2D eigenvalue weighted by molar-refractivity contribution is 0.401. The molecule has 1 fully saturated rings. The SMILES string of the molecule is CCc1cn(C)c(N2CC(C)NC(C)C2)n1. The van der Waals surface area contributed by atoms with E-state index in [9.17, 15) is 0 Å². The maximum atomic E-state index is 4.68. The second kappa shape index (κ2) is 4.45. The van der Waals surface area contributed by atoms with E-state index < -0.39 is 0 Å². The summed E-state index contributed by atoms with van der Waals surface area (Å²) >= 11 is 0. The van der Waals surface area contributed by atoms with Gasteiger partial charge >= 0.3 is 0 Å². The fraction of sp³-hybridized carbons (Fsp3) is 0.750. The molecule has 0 bridgehead atoms. The first-order valence-electron chi connectivity index (χ1n) is 6.13. The molecular formula is C12H22N4. The van der Waals surface area contributed by atoms with E-state index in [1.54, 1.807) is 0 Å². The van der Waals surface area contributed by atoms with Crippen molar-refractivity contribution in [1.29, 1.82) is 0 Å². The molecule has 2 heterocycles. The molecule has 1 aliphatic heterocycles. The zero-order valence-electron chi connectivity index (χ0n) is 10.7. The van der Waals surface area contributed by atoms with Gasteiger partial charge in [0.15, 0.2) is 0 Å². The Morgan fingerprint density at radius 1 is 1.38 bits per heavy atom. The van der Waals surface area contributed by atoms with Crippen molar-refractivity contribution >= 4 is 5.95 Å². The van der Waals surface area contributed by atoms with Gasteiger partial charge in [0.2, 0.25) is 5.95 Å². The average molecular weight is 222 g/mol. The molecule has 1 aliphatic rings. The van der Waals surface area contributed by atoms with Crippen molar-refractivity contribution in [3.05, 3.63) is 11.9 Å². The maximum absolute atomic E-state index is 4.68. The summed E-state index contributed by atoms with van der Waals surface area (Å²) in [5.74, 6) is 1.11. The second-order valence-corrected chi connectivity index (χ2v) is 4.87. The summed E-state index contributed by atoms with van der Waals surface area (Å²) in [5.41, 5.74) is 1.18. The standard InChI is InChI=1S/C12H22N4/c1-5-11-8-15(4)12(14-11)16-6-9(2)13-10(3)7-16/h8-10,13H,5-7H2,1-4H3. The van der Waals surface area contributed by atoms with Gasteiger partial charge in [-0.3, -0.25) is 0 Å². The number of aryl methyl sites for hydroxylation is 2. The molecule has 1 aromatic rings. The minimum atomic E-state index is 0.533. The molecule has 0 spiro atoms. The molecule has 0 saturated carbocycles. The second-order valence-electron chi connectivity index (χ2n) is 4.87. The third kappa shape index (κ3) is 2.21. The highest BCUT2D eigenvalue weighted by molar-refractivity contribution is 5.35. The number of hydrogen-bond donors (Lipinski definition) is 1. The summed E-state index contributed by atoms with van der Waals surface area (Å²) in [4.78, 5) is 7.06. The van der Waals surface area contributed by atoms with E-state index in [1.807, 2.05) is 0 Å². The lowest BCUT2D eigenvalue weighted by atomic mass is 10.1. The molecule has 4 nitrogen and oxygen atoms in total. The first kappa shape index (κ1) is 11.5. The van der Waals surface area contributed by atoms with Crippen LogP contribution in [0.15, 0.2) is 6.20 Å². The Kier molecular flexibility index (Phi) is 3.19. The highest BCUT2D eigenvalue weighted by Crippen LogP contribution is 2.16. The minimum absolute atomic E-state index is 0.533. The number of hydrogen-bond acceptors (Lipinski definition) is 3. The fourth-order valence-corrected chi connectivity index (χ4v) is 2.47. The Labute approximate surface area is 97.7 Å². The Morgan fingerprint density at radius 3 is 2.50 bits per heavy atom. The van der Waals surface area contributed by atoms with Crippen molar-refractivity contribution in [2.24, 2.45) is 7.05 Å². The van der Waals surface area contributed by atoms with E-state index in [0.717, 1.165) is 25.5 Å². The van der Waals surface area contributed by atoms with Crippen LogP contribution < -0.4 is 10.2 Å². The van der Waals surface area contributed by atoms with Crippen molar-refractivity contribution in [1.82, 2.24) is 14.9 Å². The molecule has 0 radical (unpaired) electrons. The Hall–Kier alpha value is -1.03. The van der Waals surface area contributed by atoms with E-state index in [2.05, 4.69) is 53.8 Å². The Morgan fingerprint density at radius 2 is 2.00 bits per heavy atom. The van der Waals surface area contributed by atoms with Crippen LogP contribution in [-0.2, 0) is 13.5 Å². The molecular weight excluding hydrogens is 200 g/mol.